The van der Waals surface area contributed by atoms with Crippen LogP contribution in [0.1, 0.15) is 0 Å². The monoisotopic (exact) mass is 754 g/mol. The van der Waals surface area contributed by atoms with Crippen LogP contribution in [0.25, 0.3) is 127 Å². The first-order chi connectivity index (χ1) is 29.2. The van der Waals surface area contributed by atoms with E-state index in [4.69, 9.17) is 23.8 Å². The van der Waals surface area contributed by atoms with E-state index >= 15 is 0 Å². The van der Waals surface area contributed by atoms with Crippen LogP contribution in [0.2, 0.25) is 0 Å². The van der Waals surface area contributed by atoms with Gasteiger partial charge in [0.2, 0.25) is 0 Å². The molecule has 13 rings (SSSR count). The van der Waals surface area contributed by atoms with Gasteiger partial charge >= 0.3 is 0 Å². The molecular formula is C53H30N4O2. The average molecular weight is 755 g/mol. The van der Waals surface area contributed by atoms with Gasteiger partial charge in [-0.15, -0.1) is 0 Å². The summed E-state index contributed by atoms with van der Waals surface area (Å²) in [6.45, 7) is 0. The van der Waals surface area contributed by atoms with Gasteiger partial charge in [0.15, 0.2) is 17.5 Å². The van der Waals surface area contributed by atoms with Gasteiger partial charge in [0.1, 0.15) is 22.3 Å². The van der Waals surface area contributed by atoms with E-state index in [2.05, 4.69) is 114 Å². The minimum Gasteiger partial charge on any atom is -0.456 e. The lowest BCUT2D eigenvalue weighted by molar-refractivity contribution is 0.668. The molecule has 0 fully saturated rings. The molecule has 0 aliphatic heterocycles. The van der Waals surface area contributed by atoms with Gasteiger partial charge in [0.05, 0.1) is 16.6 Å². The maximum absolute atomic E-state index is 6.85. The van der Waals surface area contributed by atoms with Crippen molar-refractivity contribution in [1.82, 2.24) is 19.5 Å². The van der Waals surface area contributed by atoms with E-state index in [0.717, 1.165) is 82.5 Å². The van der Waals surface area contributed by atoms with Crippen LogP contribution < -0.4 is 0 Å². The van der Waals surface area contributed by atoms with Crippen molar-refractivity contribution in [2.45, 2.75) is 0 Å². The Morgan fingerprint density at radius 1 is 0.356 bits per heavy atom. The average Bonchev–Trinajstić information content (AvgIpc) is 3.98. The molecule has 0 spiro atoms. The maximum Gasteiger partial charge on any atom is 0.167 e. The highest BCUT2D eigenvalue weighted by Gasteiger charge is 2.23. The van der Waals surface area contributed by atoms with E-state index in [-0.39, 0.29) is 0 Å². The standard InChI is InChI=1S/C53H30N4O2/c1-2-13-31(14-3-1)51-54-52(39-20-12-24-47-48(39)37-18-7-10-22-45(37)58-47)56-53(55-51)42-28-34-25-26-35(30-40(34)49-38-19-8-11-23-46(38)59-50(42)49)57-43-21-9-6-17-36(43)41-27-32-15-4-5-16-33(32)29-44(41)57/h1-30H. The molecule has 6 nitrogen and oxygen atoms in total. The molecule has 0 amide bonds. The van der Waals surface area contributed by atoms with Crippen molar-refractivity contribution in [2.24, 2.45) is 0 Å². The van der Waals surface area contributed by atoms with E-state index < -0.39 is 0 Å². The Bertz CT molecular complexity index is 3860. The molecule has 4 aromatic heterocycles. The largest absolute Gasteiger partial charge is 0.456 e. The van der Waals surface area contributed by atoms with Gasteiger partial charge in [-0.2, -0.15) is 0 Å². The fraction of sp³-hybridized carbons (Fsp3) is 0. The summed E-state index contributed by atoms with van der Waals surface area (Å²) < 4.78 is 15.5. The first-order valence-corrected chi connectivity index (χ1v) is 19.8. The number of hydrogen-bond donors (Lipinski definition) is 0. The molecule has 6 heteroatoms. The van der Waals surface area contributed by atoms with Crippen LogP contribution in [-0.2, 0) is 0 Å². The summed E-state index contributed by atoms with van der Waals surface area (Å²) in [4.78, 5) is 15.6. The first-order valence-electron chi connectivity index (χ1n) is 19.8. The lowest BCUT2D eigenvalue weighted by Gasteiger charge is -2.13. The molecule has 0 radical (unpaired) electrons. The zero-order chi connectivity index (χ0) is 38.6. The minimum atomic E-state index is 0.531. The van der Waals surface area contributed by atoms with E-state index in [9.17, 15) is 0 Å². The number of fused-ring (bicyclic) bond motifs is 12. The lowest BCUT2D eigenvalue weighted by atomic mass is 9.99. The number of nitrogens with zero attached hydrogens (tertiary/aromatic N) is 4. The molecule has 13 aromatic rings. The summed E-state index contributed by atoms with van der Waals surface area (Å²) >= 11 is 0. The molecule has 0 N–H and O–H groups in total. The van der Waals surface area contributed by atoms with Gasteiger partial charge in [-0.3, -0.25) is 0 Å². The Morgan fingerprint density at radius 3 is 1.83 bits per heavy atom. The van der Waals surface area contributed by atoms with Crippen LogP contribution in [0.3, 0.4) is 0 Å². The molecule has 0 saturated carbocycles. The van der Waals surface area contributed by atoms with E-state index in [1.54, 1.807) is 0 Å². The fourth-order valence-corrected chi connectivity index (χ4v) is 9.14. The van der Waals surface area contributed by atoms with Crippen LogP contribution >= 0.6 is 0 Å². The third-order valence-electron chi connectivity index (χ3n) is 11.8. The predicted molar refractivity (Wildman–Crippen MR) is 240 cm³/mol. The zero-order valence-electron chi connectivity index (χ0n) is 31.4. The number of rotatable bonds is 4. The number of aromatic nitrogens is 4. The second-order valence-corrected chi connectivity index (χ2v) is 15.2. The molecule has 0 atom stereocenters. The topological polar surface area (TPSA) is 69.9 Å². The van der Waals surface area contributed by atoms with E-state index in [1.807, 2.05) is 72.8 Å². The van der Waals surface area contributed by atoms with Gasteiger partial charge in [0, 0.05) is 49.1 Å². The van der Waals surface area contributed by atoms with Crippen LogP contribution in [0.5, 0.6) is 0 Å². The number of hydrogen-bond acceptors (Lipinski definition) is 5. The zero-order valence-corrected chi connectivity index (χ0v) is 31.4. The third-order valence-corrected chi connectivity index (χ3v) is 11.8. The van der Waals surface area contributed by atoms with E-state index in [1.165, 1.54) is 27.1 Å². The normalized spacial score (nSPS) is 12.1. The third kappa shape index (κ3) is 4.77. The summed E-state index contributed by atoms with van der Waals surface area (Å²) in [5.41, 5.74) is 9.10. The van der Waals surface area contributed by atoms with Gasteiger partial charge in [-0.25, -0.2) is 15.0 Å². The molecule has 274 valence electrons. The van der Waals surface area contributed by atoms with Crippen molar-refractivity contribution in [2.75, 3.05) is 0 Å². The Hall–Kier alpha value is -8.09. The molecule has 0 aliphatic rings. The highest BCUT2D eigenvalue weighted by atomic mass is 16.3. The predicted octanol–water partition coefficient (Wildman–Crippen LogP) is 14.1. The smallest absolute Gasteiger partial charge is 0.167 e. The van der Waals surface area contributed by atoms with Crippen molar-refractivity contribution in [3.05, 3.63) is 182 Å². The molecule has 0 saturated heterocycles. The molecule has 4 heterocycles. The molecule has 0 bridgehead atoms. The first kappa shape index (κ1) is 32.0. The summed E-state index contributed by atoms with van der Waals surface area (Å²) in [5.74, 6) is 1.67. The Balaban J connectivity index is 1.09. The highest BCUT2D eigenvalue weighted by molar-refractivity contribution is 6.23. The lowest BCUT2D eigenvalue weighted by Crippen LogP contribution is -2.01. The molecule has 59 heavy (non-hydrogen) atoms. The molecule has 0 unspecified atom stereocenters. The second kappa shape index (κ2) is 12.2. The van der Waals surface area contributed by atoms with Crippen molar-refractivity contribution < 1.29 is 8.83 Å². The molecule has 9 aromatic carbocycles. The van der Waals surface area contributed by atoms with Gasteiger partial charge in [-0.1, -0.05) is 127 Å². The van der Waals surface area contributed by atoms with Crippen LogP contribution in [-0.4, -0.2) is 19.5 Å². The van der Waals surface area contributed by atoms with E-state index in [0.29, 0.717) is 17.5 Å². The minimum absolute atomic E-state index is 0.531. The summed E-state index contributed by atoms with van der Waals surface area (Å²) in [6.07, 6.45) is 0. The van der Waals surface area contributed by atoms with Crippen molar-refractivity contribution in [1.29, 1.82) is 0 Å². The van der Waals surface area contributed by atoms with Crippen molar-refractivity contribution >= 4 is 87.2 Å². The Kier molecular flexibility index (Phi) is 6.63. The number of para-hydroxylation sites is 3. The van der Waals surface area contributed by atoms with Crippen molar-refractivity contribution in [3.8, 4) is 39.9 Å². The quantitative estimate of drug-likeness (QED) is 0.179. The van der Waals surface area contributed by atoms with Crippen LogP contribution in [0.15, 0.2) is 191 Å². The summed E-state index contributed by atoms with van der Waals surface area (Å²) in [7, 11) is 0. The van der Waals surface area contributed by atoms with Gasteiger partial charge in [0.25, 0.3) is 0 Å². The van der Waals surface area contributed by atoms with Crippen molar-refractivity contribution in [3.63, 3.8) is 0 Å². The van der Waals surface area contributed by atoms with Gasteiger partial charge < -0.3 is 13.4 Å². The second-order valence-electron chi connectivity index (χ2n) is 15.2. The molecule has 0 aliphatic carbocycles. The highest BCUT2D eigenvalue weighted by Crippen LogP contribution is 2.43. The maximum atomic E-state index is 6.85. The van der Waals surface area contributed by atoms with Gasteiger partial charge in [-0.05, 0) is 76.1 Å². The van der Waals surface area contributed by atoms with Crippen LogP contribution in [0, 0.1) is 0 Å². The van der Waals surface area contributed by atoms with Crippen LogP contribution in [0.4, 0.5) is 0 Å². The number of benzene rings is 9. The SMILES string of the molecule is c1ccc(-c2nc(-c3cc4ccc(-n5c6ccccc6c6cc7ccccc7cc65)cc4c4c3oc3ccccc34)nc(-c3cccc4oc5ccccc5c34)n2)cc1. The summed E-state index contributed by atoms with van der Waals surface area (Å²) in [6, 6.07) is 63.3. The fourth-order valence-electron chi connectivity index (χ4n) is 9.14. The summed E-state index contributed by atoms with van der Waals surface area (Å²) in [5, 5.41) is 11.1. The Labute approximate surface area is 336 Å². The number of furan rings is 2. The molecular weight excluding hydrogens is 725 g/mol. The Morgan fingerprint density at radius 2 is 1.00 bits per heavy atom.